The van der Waals surface area contributed by atoms with E-state index in [9.17, 15) is 18.0 Å². The molecular weight excluding hydrogens is 382 g/mol. The molecule has 0 amide bonds. The van der Waals surface area contributed by atoms with Gasteiger partial charge < -0.3 is 8.92 Å². The first-order valence-corrected chi connectivity index (χ1v) is 10.1. The van der Waals surface area contributed by atoms with Gasteiger partial charge in [-0.15, -0.1) is 0 Å². The summed E-state index contributed by atoms with van der Waals surface area (Å²) in [6, 6.07) is 0. The van der Waals surface area contributed by atoms with Gasteiger partial charge in [0.25, 0.3) is 0 Å². The van der Waals surface area contributed by atoms with Gasteiger partial charge in [-0.05, 0) is 6.42 Å². The zero-order valence-corrected chi connectivity index (χ0v) is 21.3. The van der Waals surface area contributed by atoms with Crippen LogP contribution in [0.1, 0.15) is 84.0 Å². The minimum absolute atomic E-state index is 0. The van der Waals surface area contributed by atoms with E-state index in [1.165, 1.54) is 44.9 Å². The van der Waals surface area contributed by atoms with E-state index < -0.39 is 28.8 Å². The van der Waals surface area contributed by atoms with Gasteiger partial charge in [-0.25, -0.2) is 0 Å². The maximum atomic E-state index is 11.3. The van der Waals surface area contributed by atoms with Gasteiger partial charge in [0, 0.05) is 59.1 Å². The molecule has 0 bridgehead atoms. The summed E-state index contributed by atoms with van der Waals surface area (Å²) < 4.78 is 37.4. The van der Waals surface area contributed by atoms with E-state index in [1.54, 1.807) is 0 Å². The molecule has 0 rings (SSSR count). The van der Waals surface area contributed by atoms with Crippen molar-refractivity contribution in [3.63, 3.8) is 0 Å². The van der Waals surface area contributed by atoms with E-state index in [-0.39, 0.29) is 65.5 Å². The number of carbonyl (C=O) groups excluding carboxylic acids is 2. The summed E-state index contributed by atoms with van der Waals surface area (Å²) in [5.41, 5.74) is 0. The predicted molar refractivity (Wildman–Crippen MR) is 101 cm³/mol. The van der Waals surface area contributed by atoms with Crippen LogP contribution in [0.5, 0.6) is 0 Å². The van der Waals surface area contributed by atoms with E-state index in [2.05, 4.69) is 11.1 Å². The van der Waals surface area contributed by atoms with Crippen molar-refractivity contribution in [3.05, 3.63) is 0 Å². The molecule has 0 atom stereocenters. The summed E-state index contributed by atoms with van der Waals surface area (Å²) in [6.07, 6.45) is 11.1. The van der Waals surface area contributed by atoms with E-state index in [1.807, 2.05) is 0 Å². The minimum Gasteiger partial charge on any atom is -0.466 e. The molecule has 0 spiro atoms. The van der Waals surface area contributed by atoms with Crippen LogP contribution in [0, 0.1) is 0 Å². The van der Waals surface area contributed by atoms with Gasteiger partial charge in [0.05, 0.1) is 19.4 Å². The molecule has 0 saturated carbocycles. The Hall–Kier alpha value is 0.850. The first-order chi connectivity index (χ1) is 11.3. The van der Waals surface area contributed by atoms with Crippen LogP contribution in [0.3, 0.4) is 0 Å². The molecule has 10 heteroatoms. The molecule has 0 aliphatic heterocycles. The number of carbonyl (C=O) groups is 2. The van der Waals surface area contributed by atoms with Crippen molar-refractivity contribution in [1.82, 2.24) is 0 Å². The fraction of sp³-hybridized carbons (Fsp3) is 0.875. The molecule has 0 aliphatic rings. The fourth-order valence-corrected chi connectivity index (χ4v) is 2.53. The molecule has 7 nitrogen and oxygen atoms in total. The molecule has 1 N–H and O–H groups in total. The fourth-order valence-electron chi connectivity index (χ4n) is 2.21. The number of hydrogen-bond donors (Lipinski definition) is 1. The Kier molecular flexibility index (Phi) is 25.0. The molecule has 0 aromatic rings. The van der Waals surface area contributed by atoms with E-state index in [4.69, 9.17) is 9.29 Å². The topological polar surface area (TPSA) is 107 Å². The molecule has 0 aromatic heterocycles. The van der Waals surface area contributed by atoms with Crippen LogP contribution in [0.15, 0.2) is 0 Å². The van der Waals surface area contributed by atoms with Crippen molar-refractivity contribution in [1.29, 1.82) is 0 Å². The molecule has 0 aliphatic carbocycles. The minimum atomic E-state index is -4.81. The summed E-state index contributed by atoms with van der Waals surface area (Å²) in [5.74, 6) is -1.77. The number of rotatable bonds is 15. The van der Waals surface area contributed by atoms with Crippen LogP contribution in [-0.2, 0) is 28.9 Å². The monoisotopic (exact) mass is 412 g/mol. The smallest absolute Gasteiger partial charge is 0.448 e. The van der Waals surface area contributed by atoms with Crippen LogP contribution in [0.25, 0.3) is 0 Å². The summed E-state index contributed by atoms with van der Waals surface area (Å²) in [4.78, 5) is 22.3. The Bertz CT molecular complexity index is 456. The van der Waals surface area contributed by atoms with Crippen molar-refractivity contribution >= 4 is 81.5 Å². The maximum absolute atomic E-state index is 11.3. The van der Waals surface area contributed by atoms with E-state index >= 15 is 0 Å². The first-order valence-electron chi connectivity index (χ1n) is 8.70. The molecule has 0 aromatic carbocycles. The van der Waals surface area contributed by atoms with Crippen molar-refractivity contribution < 1.29 is 31.5 Å². The van der Waals surface area contributed by atoms with Gasteiger partial charge in [0.2, 0.25) is 0 Å². The summed E-state index contributed by atoms with van der Waals surface area (Å²) in [7, 11) is -4.81. The Morgan fingerprint density at radius 2 is 1.19 bits per heavy atom. The molecule has 26 heavy (non-hydrogen) atoms. The Morgan fingerprint density at radius 1 is 0.769 bits per heavy atom. The molecule has 0 fully saturated rings. The largest absolute Gasteiger partial charge is 0.466 e. The molecular formula is C16H30Na2O7S. The maximum Gasteiger partial charge on any atom is 0.448 e. The third-order valence-electron chi connectivity index (χ3n) is 3.49. The van der Waals surface area contributed by atoms with Crippen molar-refractivity contribution in [2.75, 3.05) is 6.61 Å². The number of unbranched alkanes of at least 4 members (excludes halogenated alkanes) is 9. The number of esters is 1. The standard InChI is InChI=1S/C16H30O7S.2Na/c1-2-3-4-5-6-7-8-9-10-11-14-22-15(17)12-13-16(18)23-24(19,20)21;;/h2-14H2,1H3,(H,19,20,21);;. The Labute approximate surface area is 201 Å². The average molecular weight is 412 g/mol. The van der Waals surface area contributed by atoms with Gasteiger partial charge in [-0.2, -0.15) is 8.42 Å². The number of hydrogen-bond acceptors (Lipinski definition) is 6. The summed E-state index contributed by atoms with van der Waals surface area (Å²) >= 11 is 0. The first kappa shape index (κ1) is 31.5. The second kappa shape index (κ2) is 20.6. The molecule has 0 unspecified atom stereocenters. The van der Waals surface area contributed by atoms with Crippen molar-refractivity contribution in [2.45, 2.75) is 84.0 Å². The van der Waals surface area contributed by atoms with Crippen molar-refractivity contribution in [2.24, 2.45) is 0 Å². The van der Waals surface area contributed by atoms with Gasteiger partial charge in [-0.1, -0.05) is 64.7 Å². The zero-order chi connectivity index (χ0) is 18.3. The molecule has 0 saturated heterocycles. The predicted octanol–water partition coefficient (Wildman–Crippen LogP) is 2.82. The van der Waals surface area contributed by atoms with Crippen LogP contribution in [0.4, 0.5) is 0 Å². The average Bonchev–Trinajstić information content (AvgIpc) is 2.49. The molecule has 2 radical (unpaired) electrons. The van der Waals surface area contributed by atoms with E-state index in [0.717, 1.165) is 19.3 Å². The van der Waals surface area contributed by atoms with Crippen LogP contribution >= 0.6 is 0 Å². The summed E-state index contributed by atoms with van der Waals surface area (Å²) in [5, 5.41) is 0. The Balaban J connectivity index is -0.00000264. The second-order valence-corrected chi connectivity index (χ2v) is 6.81. The van der Waals surface area contributed by atoms with Crippen molar-refractivity contribution in [3.8, 4) is 0 Å². The van der Waals surface area contributed by atoms with Crippen LogP contribution in [0.2, 0.25) is 0 Å². The van der Waals surface area contributed by atoms with Gasteiger partial charge in [-0.3, -0.25) is 14.1 Å². The van der Waals surface area contributed by atoms with Gasteiger partial charge >= 0.3 is 22.3 Å². The summed E-state index contributed by atoms with van der Waals surface area (Å²) in [6.45, 7) is 2.50. The van der Waals surface area contributed by atoms with Crippen LogP contribution < -0.4 is 0 Å². The normalized spacial score (nSPS) is 10.4. The van der Waals surface area contributed by atoms with Gasteiger partial charge in [0.1, 0.15) is 0 Å². The third kappa shape index (κ3) is 24.8. The van der Waals surface area contributed by atoms with Crippen LogP contribution in [-0.4, -0.2) is 90.6 Å². The molecule has 144 valence electrons. The van der Waals surface area contributed by atoms with E-state index in [0.29, 0.717) is 6.61 Å². The SMILES string of the molecule is CCCCCCCCCCCCOC(=O)CCC(=O)OS(=O)(=O)O.[Na].[Na]. The Morgan fingerprint density at radius 3 is 1.65 bits per heavy atom. The third-order valence-corrected chi connectivity index (χ3v) is 3.89. The van der Waals surface area contributed by atoms with Gasteiger partial charge in [0.15, 0.2) is 0 Å². The molecule has 0 heterocycles. The second-order valence-electron chi connectivity index (χ2n) is 5.79. The number of ether oxygens (including phenoxy) is 1. The zero-order valence-electron chi connectivity index (χ0n) is 16.5. The quantitative estimate of drug-likeness (QED) is 0.191.